The molecule has 29 heavy (non-hydrogen) atoms. The highest BCUT2D eigenvalue weighted by Gasteiger charge is 2.10. The second kappa shape index (κ2) is 10.7. The second-order valence-electron chi connectivity index (χ2n) is 5.75. The van der Waals surface area contributed by atoms with Gasteiger partial charge < -0.3 is 15.2 Å². The third-order valence-corrected chi connectivity index (χ3v) is 4.10. The summed E-state index contributed by atoms with van der Waals surface area (Å²) in [6.07, 6.45) is 4.81. The molecule has 0 fully saturated rings. The molecule has 0 aliphatic heterocycles. The van der Waals surface area contributed by atoms with Crippen LogP contribution < -0.4 is 15.2 Å². The highest BCUT2D eigenvalue weighted by atomic mass is 16.5. The molecule has 0 aliphatic carbocycles. The van der Waals surface area contributed by atoms with E-state index in [0.717, 1.165) is 33.9 Å². The lowest BCUT2D eigenvalue weighted by Gasteiger charge is -2.12. The van der Waals surface area contributed by atoms with Gasteiger partial charge in [0.05, 0.1) is 26.1 Å². The number of methoxy groups -OCH3 is 2. The molecule has 0 bridgehead atoms. The smallest absolute Gasteiger partial charge is 0.179 e. The van der Waals surface area contributed by atoms with Crippen LogP contribution in [0.15, 0.2) is 65.0 Å². The number of hydrogen-bond donors (Lipinski definition) is 1. The van der Waals surface area contributed by atoms with Crippen LogP contribution in [0.3, 0.4) is 0 Å². The molecule has 1 heterocycles. The molecule has 0 atom stereocenters. The first-order valence-corrected chi connectivity index (χ1v) is 8.89. The molecule has 3 aromatic rings. The molecule has 7 nitrogen and oxygen atoms in total. The number of aliphatic imine (C=N–C) groups is 2. The van der Waals surface area contributed by atoms with Gasteiger partial charge in [0.1, 0.15) is 17.2 Å². The van der Waals surface area contributed by atoms with Gasteiger partial charge in [-0.25, -0.2) is 15.0 Å². The van der Waals surface area contributed by atoms with E-state index < -0.39 is 0 Å². The standard InChI is InChI=1S/C21H20N4O2.CH5N/c1-14-5-6-15(17-8-7-16(26-3)12-20(17)27-4)11-18(14)25-21(22-2)19-13-23-9-10-24-19;1-2/h5-13H,2H2,1,3-4H3;2H2,1H3. The summed E-state index contributed by atoms with van der Waals surface area (Å²) in [5.74, 6) is 1.89. The summed E-state index contributed by atoms with van der Waals surface area (Å²) in [5.41, 5.74) is 8.78. The second-order valence-corrected chi connectivity index (χ2v) is 5.75. The summed E-state index contributed by atoms with van der Waals surface area (Å²) in [6.45, 7) is 5.60. The van der Waals surface area contributed by atoms with Gasteiger partial charge in [-0.15, -0.1) is 0 Å². The number of aromatic nitrogens is 2. The zero-order valence-electron chi connectivity index (χ0n) is 17.1. The van der Waals surface area contributed by atoms with Gasteiger partial charge in [0.25, 0.3) is 0 Å². The van der Waals surface area contributed by atoms with E-state index >= 15 is 0 Å². The van der Waals surface area contributed by atoms with Gasteiger partial charge in [0.2, 0.25) is 0 Å². The first-order chi connectivity index (χ1) is 14.2. The molecule has 2 aromatic carbocycles. The van der Waals surface area contributed by atoms with E-state index in [9.17, 15) is 0 Å². The zero-order valence-corrected chi connectivity index (χ0v) is 17.1. The van der Waals surface area contributed by atoms with Crippen molar-refractivity contribution < 1.29 is 9.47 Å². The summed E-state index contributed by atoms with van der Waals surface area (Å²) >= 11 is 0. The Balaban J connectivity index is 0.00000145. The van der Waals surface area contributed by atoms with Crippen molar-refractivity contribution in [2.75, 3.05) is 21.3 Å². The Morgan fingerprint density at radius 1 is 1.03 bits per heavy atom. The molecule has 0 saturated carbocycles. The molecule has 0 amide bonds. The van der Waals surface area contributed by atoms with Gasteiger partial charge in [0.15, 0.2) is 5.84 Å². The molecule has 150 valence electrons. The molecule has 1 aromatic heterocycles. The van der Waals surface area contributed by atoms with Crippen molar-refractivity contribution in [3.05, 3.63) is 66.2 Å². The van der Waals surface area contributed by atoms with Crippen LogP contribution in [0.4, 0.5) is 5.69 Å². The Morgan fingerprint density at radius 2 is 1.83 bits per heavy atom. The molecule has 7 heteroatoms. The van der Waals surface area contributed by atoms with Crippen LogP contribution in [0.2, 0.25) is 0 Å². The largest absolute Gasteiger partial charge is 0.497 e. The topological polar surface area (TPSA) is 95.0 Å². The predicted molar refractivity (Wildman–Crippen MR) is 118 cm³/mol. The number of nitrogens with two attached hydrogens (primary N) is 1. The van der Waals surface area contributed by atoms with Gasteiger partial charge in [-0.2, -0.15) is 0 Å². The third kappa shape index (κ3) is 5.24. The molecule has 0 spiro atoms. The van der Waals surface area contributed by atoms with Gasteiger partial charge in [-0.3, -0.25) is 4.98 Å². The lowest BCUT2D eigenvalue weighted by molar-refractivity contribution is 0.395. The number of aryl methyl sites for hydroxylation is 1. The summed E-state index contributed by atoms with van der Waals surface area (Å²) in [5, 5.41) is 0. The average molecular weight is 391 g/mol. The Morgan fingerprint density at radius 3 is 2.45 bits per heavy atom. The molecule has 0 unspecified atom stereocenters. The lowest BCUT2D eigenvalue weighted by Crippen LogP contribution is -2.00. The van der Waals surface area contributed by atoms with Crippen LogP contribution in [0.25, 0.3) is 11.1 Å². The van der Waals surface area contributed by atoms with Crippen molar-refractivity contribution in [3.63, 3.8) is 0 Å². The Hall–Kier alpha value is -3.58. The van der Waals surface area contributed by atoms with E-state index in [2.05, 4.69) is 32.4 Å². The van der Waals surface area contributed by atoms with E-state index in [1.54, 1.807) is 32.8 Å². The highest BCUT2D eigenvalue weighted by molar-refractivity contribution is 6.01. The van der Waals surface area contributed by atoms with Gasteiger partial charge >= 0.3 is 0 Å². The fourth-order valence-electron chi connectivity index (χ4n) is 2.64. The number of amidine groups is 1. The quantitative estimate of drug-likeness (QED) is 0.527. The van der Waals surface area contributed by atoms with Crippen molar-refractivity contribution in [1.29, 1.82) is 0 Å². The number of nitrogens with zero attached hydrogens (tertiary/aromatic N) is 4. The van der Waals surface area contributed by atoms with Crippen LogP contribution in [-0.2, 0) is 0 Å². The monoisotopic (exact) mass is 391 g/mol. The maximum atomic E-state index is 5.52. The van der Waals surface area contributed by atoms with Crippen LogP contribution >= 0.6 is 0 Å². The Bertz CT molecular complexity index is 988. The molecule has 2 N–H and O–H groups in total. The first kappa shape index (κ1) is 21.7. The predicted octanol–water partition coefficient (Wildman–Crippen LogP) is 3.82. The fourth-order valence-corrected chi connectivity index (χ4v) is 2.64. The number of hydrogen-bond acceptors (Lipinski definition) is 6. The van der Waals surface area contributed by atoms with Crippen molar-refractivity contribution >= 4 is 18.2 Å². The van der Waals surface area contributed by atoms with E-state index in [1.807, 2.05) is 43.3 Å². The van der Waals surface area contributed by atoms with Crippen molar-refractivity contribution in [1.82, 2.24) is 9.97 Å². The number of ether oxygens (including phenoxy) is 2. The van der Waals surface area contributed by atoms with Crippen molar-refractivity contribution in [2.24, 2.45) is 15.7 Å². The molecular weight excluding hydrogens is 366 g/mol. The first-order valence-electron chi connectivity index (χ1n) is 8.89. The highest BCUT2D eigenvalue weighted by Crippen LogP contribution is 2.36. The average Bonchev–Trinajstić information content (AvgIpc) is 2.80. The van der Waals surface area contributed by atoms with Crippen LogP contribution in [0.5, 0.6) is 11.5 Å². The maximum Gasteiger partial charge on any atom is 0.179 e. The normalized spacial score (nSPS) is 10.6. The minimum atomic E-state index is 0.421. The molecule has 0 radical (unpaired) electrons. The SMILES string of the molecule is C=NC(=Nc1cc(-c2ccc(OC)cc2OC)ccc1C)c1cnccn1.CN. The zero-order chi connectivity index (χ0) is 21.2. The maximum absolute atomic E-state index is 5.52. The van der Waals surface area contributed by atoms with Crippen LogP contribution in [-0.4, -0.2) is 43.8 Å². The number of benzene rings is 2. The van der Waals surface area contributed by atoms with Crippen LogP contribution in [0.1, 0.15) is 11.3 Å². The van der Waals surface area contributed by atoms with E-state index in [4.69, 9.17) is 9.47 Å². The lowest BCUT2D eigenvalue weighted by atomic mass is 10.0. The van der Waals surface area contributed by atoms with Gasteiger partial charge in [-0.05, 0) is 50.0 Å². The summed E-state index contributed by atoms with van der Waals surface area (Å²) in [4.78, 5) is 17.0. The minimum absolute atomic E-state index is 0.421. The van der Waals surface area contributed by atoms with E-state index in [0.29, 0.717) is 11.5 Å². The molecule has 3 rings (SSSR count). The molecule has 0 saturated heterocycles. The Labute approximate surface area is 171 Å². The van der Waals surface area contributed by atoms with E-state index in [-0.39, 0.29) is 0 Å². The molecule has 0 aliphatic rings. The third-order valence-electron chi connectivity index (χ3n) is 4.10. The summed E-state index contributed by atoms with van der Waals surface area (Å²) < 4.78 is 10.8. The van der Waals surface area contributed by atoms with Crippen molar-refractivity contribution in [3.8, 4) is 22.6 Å². The molecular formula is C22H25N5O2. The summed E-state index contributed by atoms with van der Waals surface area (Å²) in [6, 6.07) is 11.7. The Kier molecular flexibility index (Phi) is 8.00. The van der Waals surface area contributed by atoms with Gasteiger partial charge in [-0.1, -0.05) is 12.1 Å². The minimum Gasteiger partial charge on any atom is -0.497 e. The van der Waals surface area contributed by atoms with Gasteiger partial charge in [0, 0.05) is 24.0 Å². The van der Waals surface area contributed by atoms with Crippen molar-refractivity contribution in [2.45, 2.75) is 6.92 Å². The van der Waals surface area contributed by atoms with E-state index in [1.165, 1.54) is 7.05 Å². The fraction of sp³-hybridized carbons (Fsp3) is 0.182. The summed E-state index contributed by atoms with van der Waals surface area (Å²) in [7, 11) is 4.77. The van der Waals surface area contributed by atoms with Crippen LogP contribution in [0, 0.1) is 6.92 Å². The number of rotatable bonds is 5.